The predicted molar refractivity (Wildman–Crippen MR) is 134 cm³/mol. The fraction of sp³-hybridized carbons (Fsp3) is 0.500. The number of halogens is 2. The van der Waals surface area contributed by atoms with Gasteiger partial charge in [-0.3, -0.25) is 4.99 Å². The summed E-state index contributed by atoms with van der Waals surface area (Å²) in [5, 5.41) is 10.3. The van der Waals surface area contributed by atoms with E-state index in [0.29, 0.717) is 62.3 Å². The Hall–Kier alpha value is -2.60. The summed E-state index contributed by atoms with van der Waals surface area (Å²) in [6.45, 7) is -0.914. The Morgan fingerprint density at radius 3 is 2.54 bits per heavy atom. The Labute approximate surface area is 215 Å². The van der Waals surface area contributed by atoms with Crippen molar-refractivity contribution in [3.8, 4) is 11.5 Å². The van der Waals surface area contributed by atoms with Crippen molar-refractivity contribution in [2.45, 2.75) is 48.8 Å². The number of aliphatic imine (C=N–C) groups is 1. The van der Waals surface area contributed by atoms with E-state index in [1.807, 2.05) is 7.05 Å². The van der Waals surface area contributed by atoms with Gasteiger partial charge in [-0.05, 0) is 56.1 Å². The lowest BCUT2D eigenvalue weighted by molar-refractivity contribution is -0.0512. The normalized spacial score (nSPS) is 24.8. The lowest BCUT2D eigenvalue weighted by Crippen LogP contribution is -2.47. The van der Waals surface area contributed by atoms with Gasteiger partial charge in [-0.2, -0.15) is 13.1 Å². The Balaban J connectivity index is 1.59. The predicted octanol–water partition coefficient (Wildman–Crippen LogP) is 3.08. The second kappa shape index (κ2) is 10.3. The standard InChI is InChI=1S/C26H31F2N3O5S/c1-30-8-10-31(11-9-30)37(33,34)18-5-3-4-16(12-18)25-21-15-24(36-26(27)28)23(35-2)14-19(21)20-13-17(32)6-7-22(20)29-25/h3-5,12,14-15,17,20,22,26,32H,6-11,13H2,1-2H3. The highest BCUT2D eigenvalue weighted by Crippen LogP contribution is 2.45. The molecule has 11 heteroatoms. The van der Waals surface area contributed by atoms with Gasteiger partial charge < -0.3 is 19.5 Å². The number of ether oxygens (including phenoxy) is 2. The molecule has 200 valence electrons. The topological polar surface area (TPSA) is 91.7 Å². The number of sulfonamides is 1. The number of nitrogens with zero attached hydrogens (tertiary/aromatic N) is 3. The van der Waals surface area contributed by atoms with E-state index in [1.165, 1.54) is 17.5 Å². The quantitative estimate of drug-likeness (QED) is 0.612. The average molecular weight is 536 g/mol. The van der Waals surface area contributed by atoms with Crippen molar-refractivity contribution in [3.05, 3.63) is 53.1 Å². The van der Waals surface area contributed by atoms with Gasteiger partial charge >= 0.3 is 6.61 Å². The SMILES string of the molecule is COc1cc2c(cc1OC(F)F)C(c1cccc(S(=O)(=O)N3CCN(C)CC3)c1)=NC1CCC(O)CC21. The molecular formula is C26H31F2N3O5S. The minimum Gasteiger partial charge on any atom is -0.493 e. The highest BCUT2D eigenvalue weighted by atomic mass is 32.2. The van der Waals surface area contributed by atoms with Gasteiger partial charge in [0, 0.05) is 43.2 Å². The molecule has 3 unspecified atom stereocenters. The Morgan fingerprint density at radius 1 is 1.08 bits per heavy atom. The van der Waals surface area contributed by atoms with Crippen LogP contribution in [0, 0.1) is 0 Å². The first kappa shape index (κ1) is 26.0. The maximum atomic E-state index is 13.4. The van der Waals surface area contributed by atoms with E-state index in [0.717, 1.165) is 5.56 Å². The molecule has 1 saturated carbocycles. The molecular weight excluding hydrogens is 504 g/mol. The van der Waals surface area contributed by atoms with Crippen LogP contribution in [0.5, 0.6) is 11.5 Å². The molecule has 0 radical (unpaired) electrons. The molecule has 0 amide bonds. The van der Waals surface area contributed by atoms with Crippen molar-refractivity contribution in [2.24, 2.45) is 4.99 Å². The molecule has 37 heavy (non-hydrogen) atoms. The van der Waals surface area contributed by atoms with Gasteiger partial charge in [0.2, 0.25) is 10.0 Å². The van der Waals surface area contributed by atoms with E-state index in [1.54, 1.807) is 30.3 Å². The zero-order valence-electron chi connectivity index (χ0n) is 20.8. The van der Waals surface area contributed by atoms with Crippen LogP contribution in [0.4, 0.5) is 8.78 Å². The first-order chi connectivity index (χ1) is 17.7. The van der Waals surface area contributed by atoms with Gasteiger partial charge in [-0.25, -0.2) is 8.42 Å². The van der Waals surface area contributed by atoms with Gasteiger partial charge in [0.15, 0.2) is 11.5 Å². The number of aliphatic hydroxyl groups is 1. The molecule has 2 aromatic carbocycles. The number of hydrogen-bond donors (Lipinski definition) is 1. The van der Waals surface area contributed by atoms with Crippen molar-refractivity contribution in [1.29, 1.82) is 0 Å². The number of benzene rings is 2. The van der Waals surface area contributed by atoms with Crippen molar-refractivity contribution in [1.82, 2.24) is 9.21 Å². The van der Waals surface area contributed by atoms with Crippen LogP contribution in [-0.4, -0.2) is 87.5 Å². The van der Waals surface area contributed by atoms with Gasteiger partial charge in [-0.15, -0.1) is 0 Å². The van der Waals surface area contributed by atoms with Crippen LogP contribution in [0.1, 0.15) is 41.9 Å². The Bertz CT molecular complexity index is 1300. The number of rotatable bonds is 6. The second-order valence-corrected chi connectivity index (χ2v) is 11.8. The molecule has 1 N–H and O–H groups in total. The third-order valence-electron chi connectivity index (χ3n) is 7.49. The molecule has 3 atom stereocenters. The van der Waals surface area contributed by atoms with Crippen LogP contribution >= 0.6 is 0 Å². The zero-order chi connectivity index (χ0) is 26.3. The van der Waals surface area contributed by atoms with Crippen molar-refractivity contribution in [2.75, 3.05) is 40.3 Å². The summed E-state index contributed by atoms with van der Waals surface area (Å²) in [5.41, 5.74) is 2.49. The molecule has 2 aromatic rings. The van der Waals surface area contributed by atoms with Gasteiger partial charge in [0.25, 0.3) is 0 Å². The van der Waals surface area contributed by atoms with Gasteiger partial charge in [0.05, 0.1) is 29.9 Å². The second-order valence-electron chi connectivity index (χ2n) is 9.82. The molecule has 1 saturated heterocycles. The first-order valence-electron chi connectivity index (χ1n) is 12.4. The minimum atomic E-state index is -3.71. The van der Waals surface area contributed by atoms with E-state index < -0.39 is 22.7 Å². The summed E-state index contributed by atoms with van der Waals surface area (Å²) in [6, 6.07) is 9.67. The molecule has 0 aromatic heterocycles. The van der Waals surface area contributed by atoms with Crippen molar-refractivity contribution < 1.29 is 31.8 Å². The zero-order valence-corrected chi connectivity index (χ0v) is 21.6. The smallest absolute Gasteiger partial charge is 0.387 e. The summed E-state index contributed by atoms with van der Waals surface area (Å²) in [5.74, 6) is -0.0697. The van der Waals surface area contributed by atoms with Crippen LogP contribution in [0.2, 0.25) is 0 Å². The fourth-order valence-electron chi connectivity index (χ4n) is 5.50. The highest BCUT2D eigenvalue weighted by Gasteiger charge is 2.38. The average Bonchev–Trinajstić information content (AvgIpc) is 2.88. The molecule has 0 bridgehead atoms. The van der Waals surface area contributed by atoms with Gasteiger partial charge in [0.1, 0.15) is 0 Å². The number of aliphatic hydroxyl groups excluding tert-OH is 1. The summed E-state index contributed by atoms with van der Waals surface area (Å²) >= 11 is 0. The molecule has 2 aliphatic heterocycles. The summed E-state index contributed by atoms with van der Waals surface area (Å²) in [7, 11) is -0.368. The Morgan fingerprint density at radius 2 is 1.84 bits per heavy atom. The first-order valence-corrected chi connectivity index (χ1v) is 13.8. The maximum Gasteiger partial charge on any atom is 0.387 e. The van der Waals surface area contributed by atoms with E-state index >= 15 is 0 Å². The molecule has 5 rings (SSSR count). The molecule has 2 heterocycles. The number of hydrogen-bond acceptors (Lipinski definition) is 7. The molecule has 1 aliphatic carbocycles. The minimum absolute atomic E-state index is 0.116. The number of likely N-dealkylation sites (N-methyl/N-ethyl adjacent to an activating group) is 1. The van der Waals surface area contributed by atoms with Crippen LogP contribution in [0.15, 0.2) is 46.3 Å². The van der Waals surface area contributed by atoms with Crippen LogP contribution < -0.4 is 9.47 Å². The summed E-state index contributed by atoms with van der Waals surface area (Å²) < 4.78 is 64.8. The Kier molecular flexibility index (Phi) is 7.23. The van der Waals surface area contributed by atoms with Crippen LogP contribution in [0.25, 0.3) is 0 Å². The summed E-state index contributed by atoms with van der Waals surface area (Å²) in [4.78, 5) is 7.23. The number of piperazine rings is 1. The third kappa shape index (κ3) is 5.09. The van der Waals surface area contributed by atoms with Crippen LogP contribution in [-0.2, 0) is 10.0 Å². The lowest BCUT2D eigenvalue weighted by Gasteiger charge is -2.37. The monoisotopic (exact) mass is 535 g/mol. The fourth-order valence-corrected chi connectivity index (χ4v) is 6.97. The molecule has 8 nitrogen and oxygen atoms in total. The molecule has 3 aliphatic rings. The maximum absolute atomic E-state index is 13.4. The van der Waals surface area contributed by atoms with Crippen molar-refractivity contribution in [3.63, 3.8) is 0 Å². The largest absolute Gasteiger partial charge is 0.493 e. The van der Waals surface area contributed by atoms with E-state index in [-0.39, 0.29) is 28.4 Å². The van der Waals surface area contributed by atoms with Crippen molar-refractivity contribution >= 4 is 15.7 Å². The highest BCUT2D eigenvalue weighted by molar-refractivity contribution is 7.89. The van der Waals surface area contributed by atoms with E-state index in [4.69, 9.17) is 14.5 Å². The summed E-state index contributed by atoms with van der Waals surface area (Å²) in [6.07, 6.45) is 1.27. The van der Waals surface area contributed by atoms with Gasteiger partial charge in [-0.1, -0.05) is 12.1 Å². The lowest BCUT2D eigenvalue weighted by atomic mass is 9.74. The molecule has 0 spiro atoms. The number of alkyl halides is 2. The third-order valence-corrected chi connectivity index (χ3v) is 9.39. The number of methoxy groups -OCH3 is 1. The van der Waals surface area contributed by atoms with E-state index in [2.05, 4.69) is 4.90 Å². The molecule has 2 fully saturated rings. The van der Waals surface area contributed by atoms with Crippen LogP contribution in [0.3, 0.4) is 0 Å². The van der Waals surface area contributed by atoms with E-state index in [9.17, 15) is 22.3 Å². The number of fused-ring (bicyclic) bond motifs is 3.